The first-order chi connectivity index (χ1) is 9.38. The van der Waals surface area contributed by atoms with Crippen LogP contribution in [0.15, 0.2) is 12.1 Å². The van der Waals surface area contributed by atoms with Crippen molar-refractivity contribution in [2.24, 2.45) is 5.73 Å². The first-order valence-electron chi connectivity index (χ1n) is 6.20. The lowest BCUT2D eigenvalue weighted by Gasteiger charge is -2.24. The Hall–Kier alpha value is -1.90. The van der Waals surface area contributed by atoms with Gasteiger partial charge in [-0.2, -0.15) is 17.7 Å². The molecule has 0 radical (unpaired) electrons. The summed E-state index contributed by atoms with van der Waals surface area (Å²) in [7, 11) is 0. The van der Waals surface area contributed by atoms with E-state index in [1.165, 1.54) is 6.07 Å². The quantitative estimate of drug-likeness (QED) is 0.849. The van der Waals surface area contributed by atoms with E-state index in [0.29, 0.717) is 12.4 Å². The summed E-state index contributed by atoms with van der Waals surface area (Å²) in [5.41, 5.74) is 5.98. The molecule has 0 aromatic carbocycles. The Kier molecular flexibility index (Phi) is 2.82. The zero-order chi connectivity index (χ0) is 14.5. The molecule has 0 amide bonds. The Morgan fingerprint density at radius 3 is 2.65 bits per heavy atom. The van der Waals surface area contributed by atoms with Crippen LogP contribution in [0.1, 0.15) is 19.2 Å². The minimum atomic E-state index is -4.59. The van der Waals surface area contributed by atoms with Crippen LogP contribution in [0.2, 0.25) is 0 Å². The van der Waals surface area contributed by atoms with E-state index < -0.39 is 12.0 Å². The first kappa shape index (κ1) is 13.1. The van der Waals surface area contributed by atoms with Crippen molar-refractivity contribution in [2.75, 3.05) is 11.4 Å². The lowest BCUT2D eigenvalue weighted by Crippen LogP contribution is -2.37. The molecular weight excluding hydrogens is 273 g/mol. The van der Waals surface area contributed by atoms with E-state index >= 15 is 0 Å². The maximum Gasteiger partial charge on any atom is 0.453 e. The summed E-state index contributed by atoms with van der Waals surface area (Å²) in [5, 5.41) is 10.6. The second kappa shape index (κ2) is 4.30. The minimum Gasteiger partial charge on any atom is -0.351 e. The van der Waals surface area contributed by atoms with Gasteiger partial charge < -0.3 is 10.6 Å². The predicted octanol–water partition coefficient (Wildman–Crippen LogP) is 1.07. The Labute approximate surface area is 112 Å². The third-order valence-electron chi connectivity index (χ3n) is 3.61. The summed E-state index contributed by atoms with van der Waals surface area (Å²) in [6.45, 7) is 2.60. The van der Waals surface area contributed by atoms with Crippen molar-refractivity contribution in [2.45, 2.75) is 31.6 Å². The Balaban J connectivity index is 2.06. The molecule has 1 fully saturated rings. The molecule has 2 aromatic rings. The molecule has 3 heterocycles. The van der Waals surface area contributed by atoms with E-state index in [0.717, 1.165) is 10.9 Å². The maximum absolute atomic E-state index is 12.8. The van der Waals surface area contributed by atoms with Crippen molar-refractivity contribution in [3.63, 3.8) is 0 Å². The van der Waals surface area contributed by atoms with Crippen LogP contribution in [0.25, 0.3) is 5.65 Å². The van der Waals surface area contributed by atoms with E-state index in [1.54, 1.807) is 6.07 Å². The number of nitrogens with zero attached hydrogens (tertiary/aromatic N) is 5. The molecule has 108 valence electrons. The molecule has 3 rings (SSSR count). The molecule has 0 aliphatic carbocycles. The Bertz CT molecular complexity index is 637. The molecule has 1 aliphatic rings. The number of rotatable bonds is 1. The Morgan fingerprint density at radius 2 is 2.05 bits per heavy atom. The normalized spacial score (nSPS) is 23.8. The summed E-state index contributed by atoms with van der Waals surface area (Å²) in [6, 6.07) is 3.14. The highest BCUT2D eigenvalue weighted by Gasteiger charge is 2.38. The molecule has 1 aliphatic heterocycles. The van der Waals surface area contributed by atoms with Crippen LogP contribution >= 0.6 is 0 Å². The summed E-state index contributed by atoms with van der Waals surface area (Å²) in [5.74, 6) is -0.672. The van der Waals surface area contributed by atoms with Crippen LogP contribution in [-0.4, -0.2) is 38.4 Å². The fourth-order valence-corrected chi connectivity index (χ4v) is 2.40. The summed E-state index contributed by atoms with van der Waals surface area (Å²) in [4.78, 5) is 1.89. The SMILES string of the molecule is CC1C(N)CCN1c1ccc2nnc(C(F)(F)F)n2n1. The average Bonchev–Trinajstić information content (AvgIpc) is 2.93. The van der Waals surface area contributed by atoms with Gasteiger partial charge in [-0.25, -0.2) is 0 Å². The number of nitrogens with two attached hydrogens (primary N) is 1. The molecule has 20 heavy (non-hydrogen) atoms. The highest BCUT2D eigenvalue weighted by molar-refractivity contribution is 5.47. The second-order valence-corrected chi connectivity index (χ2v) is 4.87. The van der Waals surface area contributed by atoms with Crippen molar-refractivity contribution in [1.29, 1.82) is 0 Å². The van der Waals surface area contributed by atoms with E-state index in [1.807, 2.05) is 11.8 Å². The van der Waals surface area contributed by atoms with E-state index in [2.05, 4.69) is 15.3 Å². The van der Waals surface area contributed by atoms with Gasteiger partial charge in [-0.05, 0) is 25.5 Å². The lowest BCUT2D eigenvalue weighted by atomic mass is 10.2. The number of halogens is 3. The van der Waals surface area contributed by atoms with Gasteiger partial charge >= 0.3 is 6.18 Å². The number of fused-ring (bicyclic) bond motifs is 1. The first-order valence-corrected chi connectivity index (χ1v) is 6.20. The zero-order valence-electron chi connectivity index (χ0n) is 10.7. The topological polar surface area (TPSA) is 72.3 Å². The number of hydrogen-bond donors (Lipinski definition) is 1. The molecule has 2 aromatic heterocycles. The van der Waals surface area contributed by atoms with E-state index in [9.17, 15) is 13.2 Å². The fraction of sp³-hybridized carbons (Fsp3) is 0.545. The van der Waals surface area contributed by atoms with Gasteiger partial charge in [0.25, 0.3) is 5.82 Å². The molecule has 2 unspecified atom stereocenters. The number of hydrogen-bond acceptors (Lipinski definition) is 5. The summed E-state index contributed by atoms with van der Waals surface area (Å²) >= 11 is 0. The Morgan fingerprint density at radius 1 is 1.30 bits per heavy atom. The van der Waals surface area contributed by atoms with Crippen LogP contribution < -0.4 is 10.6 Å². The second-order valence-electron chi connectivity index (χ2n) is 4.87. The third-order valence-corrected chi connectivity index (χ3v) is 3.61. The summed E-state index contributed by atoms with van der Waals surface area (Å²) in [6.07, 6.45) is -3.80. The van der Waals surface area contributed by atoms with Gasteiger partial charge in [-0.3, -0.25) is 0 Å². The molecule has 0 spiro atoms. The summed E-state index contributed by atoms with van der Waals surface area (Å²) < 4.78 is 39.1. The van der Waals surface area contributed by atoms with E-state index in [-0.39, 0.29) is 17.7 Å². The van der Waals surface area contributed by atoms with Crippen LogP contribution in [0, 0.1) is 0 Å². The monoisotopic (exact) mass is 286 g/mol. The standard InChI is InChI=1S/C11H13F3N6/c1-6-7(15)4-5-19(6)9-3-2-8-16-17-10(11(12,13)14)20(8)18-9/h2-3,6-7H,4-5,15H2,1H3. The molecule has 1 saturated heterocycles. The molecule has 9 heteroatoms. The van der Waals surface area contributed by atoms with Crippen LogP contribution in [0.4, 0.5) is 19.0 Å². The fourth-order valence-electron chi connectivity index (χ4n) is 2.40. The van der Waals surface area contributed by atoms with Crippen molar-refractivity contribution < 1.29 is 13.2 Å². The highest BCUT2D eigenvalue weighted by atomic mass is 19.4. The molecule has 2 N–H and O–H groups in total. The predicted molar refractivity (Wildman–Crippen MR) is 65.2 cm³/mol. The molecule has 0 bridgehead atoms. The zero-order valence-corrected chi connectivity index (χ0v) is 10.7. The largest absolute Gasteiger partial charge is 0.453 e. The number of alkyl halides is 3. The maximum atomic E-state index is 12.8. The minimum absolute atomic E-state index is 0.00417. The van der Waals surface area contributed by atoms with Gasteiger partial charge in [0.05, 0.1) is 0 Å². The van der Waals surface area contributed by atoms with Gasteiger partial charge in [0.15, 0.2) is 5.65 Å². The van der Waals surface area contributed by atoms with E-state index in [4.69, 9.17) is 5.73 Å². The van der Waals surface area contributed by atoms with Crippen LogP contribution in [0.5, 0.6) is 0 Å². The van der Waals surface area contributed by atoms with Gasteiger partial charge in [0.1, 0.15) is 5.82 Å². The molecular formula is C11H13F3N6. The average molecular weight is 286 g/mol. The van der Waals surface area contributed by atoms with Gasteiger partial charge in [0, 0.05) is 18.6 Å². The molecule has 6 nitrogen and oxygen atoms in total. The molecule has 0 saturated carbocycles. The van der Waals surface area contributed by atoms with Crippen molar-refractivity contribution in [1.82, 2.24) is 19.8 Å². The van der Waals surface area contributed by atoms with Crippen molar-refractivity contribution in [3.05, 3.63) is 18.0 Å². The highest BCUT2D eigenvalue weighted by Crippen LogP contribution is 2.29. The van der Waals surface area contributed by atoms with Crippen molar-refractivity contribution in [3.8, 4) is 0 Å². The number of anilines is 1. The van der Waals surface area contributed by atoms with Crippen molar-refractivity contribution >= 4 is 11.5 Å². The number of aromatic nitrogens is 4. The lowest BCUT2D eigenvalue weighted by molar-refractivity contribution is -0.146. The van der Waals surface area contributed by atoms with Gasteiger partial charge in [0.2, 0.25) is 0 Å². The van der Waals surface area contributed by atoms with Gasteiger partial charge in [-0.15, -0.1) is 15.3 Å². The van der Waals surface area contributed by atoms with Crippen LogP contribution in [-0.2, 0) is 6.18 Å². The smallest absolute Gasteiger partial charge is 0.351 e. The molecule has 2 atom stereocenters. The van der Waals surface area contributed by atoms with Crippen LogP contribution in [0.3, 0.4) is 0 Å². The van der Waals surface area contributed by atoms with Gasteiger partial charge in [-0.1, -0.05) is 0 Å². The third kappa shape index (κ3) is 1.98.